The van der Waals surface area contributed by atoms with Gasteiger partial charge in [-0.3, -0.25) is 9.98 Å². The van der Waals surface area contributed by atoms with Gasteiger partial charge in [0.2, 0.25) is 0 Å². The molecule has 160 valence electrons. The first-order valence-electron chi connectivity index (χ1n) is 10.5. The maximum atomic E-state index is 13.2. The maximum Gasteiger partial charge on any atom is 0.128 e. The third-order valence-electron chi connectivity index (χ3n) is 4.77. The van der Waals surface area contributed by atoms with Gasteiger partial charge in [-0.05, 0) is 75.8 Å². The van der Waals surface area contributed by atoms with Crippen LogP contribution in [0.25, 0.3) is 0 Å². The third kappa shape index (κ3) is 9.13. The largest absolute Gasteiger partial charge is 0.261 e. The van der Waals surface area contributed by atoms with Crippen molar-refractivity contribution in [3.05, 3.63) is 58.4 Å². The van der Waals surface area contributed by atoms with E-state index in [2.05, 4.69) is 23.0 Å². The molecule has 0 aromatic heterocycles. The van der Waals surface area contributed by atoms with E-state index in [1.165, 1.54) is 18.9 Å². The molecule has 2 aromatic rings. The van der Waals surface area contributed by atoms with Gasteiger partial charge in [0, 0.05) is 18.0 Å². The Balaban J connectivity index is 0.000000254. The number of nitriles is 1. The van der Waals surface area contributed by atoms with Crippen LogP contribution in [0.1, 0.15) is 69.2 Å². The fourth-order valence-electron chi connectivity index (χ4n) is 2.34. The lowest BCUT2D eigenvalue weighted by Gasteiger charge is -2.04. The van der Waals surface area contributed by atoms with Crippen molar-refractivity contribution in [3.8, 4) is 6.07 Å². The Labute approximate surface area is 181 Å². The molecule has 0 unspecified atom stereocenters. The van der Waals surface area contributed by atoms with Crippen molar-refractivity contribution in [2.24, 2.45) is 15.9 Å². The van der Waals surface area contributed by atoms with E-state index >= 15 is 0 Å². The van der Waals surface area contributed by atoms with Crippen LogP contribution in [0.2, 0.25) is 0 Å². The SMILES string of the molecule is CC1CC1.CC=Nc1cc(C#N)ccc1C.CCC(C)=Nc1cc(F)c(C)cc1C. The van der Waals surface area contributed by atoms with Crippen molar-refractivity contribution in [3.63, 3.8) is 0 Å². The summed E-state index contributed by atoms with van der Waals surface area (Å²) in [4.78, 5) is 8.49. The van der Waals surface area contributed by atoms with Crippen LogP contribution in [0.3, 0.4) is 0 Å². The van der Waals surface area contributed by atoms with Crippen LogP contribution in [0.15, 0.2) is 40.3 Å². The van der Waals surface area contributed by atoms with Gasteiger partial charge >= 0.3 is 0 Å². The first kappa shape index (κ1) is 25.2. The first-order valence-corrected chi connectivity index (χ1v) is 10.5. The Hall–Kier alpha value is -2.80. The van der Waals surface area contributed by atoms with Gasteiger partial charge < -0.3 is 0 Å². The van der Waals surface area contributed by atoms with Crippen molar-refractivity contribution >= 4 is 23.3 Å². The highest BCUT2D eigenvalue weighted by atomic mass is 19.1. The molecule has 0 atom stereocenters. The molecule has 0 amide bonds. The van der Waals surface area contributed by atoms with Gasteiger partial charge in [-0.15, -0.1) is 0 Å². The Morgan fingerprint density at radius 3 is 2.23 bits per heavy atom. The van der Waals surface area contributed by atoms with Gasteiger partial charge in [0.25, 0.3) is 0 Å². The Kier molecular flexibility index (Phi) is 10.7. The number of hydrogen-bond donors (Lipinski definition) is 0. The van der Waals surface area contributed by atoms with Gasteiger partial charge in [0.1, 0.15) is 5.82 Å². The molecule has 0 heterocycles. The molecule has 2 aromatic carbocycles. The number of hydrogen-bond acceptors (Lipinski definition) is 3. The molecule has 0 spiro atoms. The quantitative estimate of drug-likeness (QED) is 0.476. The third-order valence-corrected chi connectivity index (χ3v) is 4.77. The minimum atomic E-state index is -0.182. The summed E-state index contributed by atoms with van der Waals surface area (Å²) in [6.07, 6.45) is 5.60. The molecule has 4 heteroatoms. The summed E-state index contributed by atoms with van der Waals surface area (Å²) in [7, 11) is 0. The minimum Gasteiger partial charge on any atom is -0.261 e. The fourth-order valence-corrected chi connectivity index (χ4v) is 2.34. The summed E-state index contributed by atoms with van der Waals surface area (Å²) in [6, 6.07) is 10.9. The molecule has 30 heavy (non-hydrogen) atoms. The van der Waals surface area contributed by atoms with Crippen LogP contribution >= 0.6 is 0 Å². The second-order valence-electron chi connectivity index (χ2n) is 7.77. The molecule has 1 aliphatic carbocycles. The van der Waals surface area contributed by atoms with E-state index in [0.29, 0.717) is 11.1 Å². The molecule has 3 rings (SSSR count). The number of nitrogens with zero attached hydrogens (tertiary/aromatic N) is 3. The van der Waals surface area contributed by atoms with Crippen LogP contribution in [0.5, 0.6) is 0 Å². The molecule has 0 N–H and O–H groups in total. The van der Waals surface area contributed by atoms with Crippen LogP contribution in [0.4, 0.5) is 15.8 Å². The van der Waals surface area contributed by atoms with E-state index in [4.69, 9.17) is 5.26 Å². The summed E-state index contributed by atoms with van der Waals surface area (Å²) in [5.41, 5.74) is 6.08. The summed E-state index contributed by atoms with van der Waals surface area (Å²) in [5, 5.41) is 8.62. The number of rotatable bonds is 3. The highest BCUT2D eigenvalue weighted by Crippen LogP contribution is 2.26. The van der Waals surface area contributed by atoms with E-state index < -0.39 is 0 Å². The van der Waals surface area contributed by atoms with Crippen molar-refractivity contribution in [1.82, 2.24) is 0 Å². The average molecular weight is 408 g/mol. The molecule has 0 aliphatic heterocycles. The summed E-state index contributed by atoms with van der Waals surface area (Å²) >= 11 is 0. The molecule has 3 nitrogen and oxygen atoms in total. The zero-order valence-electron chi connectivity index (χ0n) is 19.4. The predicted octanol–water partition coefficient (Wildman–Crippen LogP) is 7.95. The number of aliphatic imine (C=N–C) groups is 2. The lowest BCUT2D eigenvalue weighted by atomic mass is 10.1. The Morgan fingerprint density at radius 2 is 1.73 bits per heavy atom. The van der Waals surface area contributed by atoms with Gasteiger partial charge in [-0.25, -0.2) is 4.39 Å². The molecular weight excluding hydrogens is 373 g/mol. The second kappa shape index (κ2) is 12.7. The van der Waals surface area contributed by atoms with Crippen LogP contribution in [-0.2, 0) is 0 Å². The smallest absolute Gasteiger partial charge is 0.128 e. The fraction of sp³-hybridized carbons (Fsp3) is 0.423. The van der Waals surface area contributed by atoms with Gasteiger partial charge in [0.05, 0.1) is 23.0 Å². The summed E-state index contributed by atoms with van der Waals surface area (Å²) in [6.45, 7) is 13.8. The highest BCUT2D eigenvalue weighted by molar-refractivity contribution is 5.84. The van der Waals surface area contributed by atoms with E-state index in [0.717, 1.165) is 40.6 Å². The van der Waals surface area contributed by atoms with E-state index in [-0.39, 0.29) is 5.82 Å². The molecule has 0 bridgehead atoms. The van der Waals surface area contributed by atoms with Crippen molar-refractivity contribution in [1.29, 1.82) is 5.26 Å². The zero-order valence-corrected chi connectivity index (χ0v) is 19.4. The average Bonchev–Trinajstić information content (AvgIpc) is 3.51. The second-order valence-corrected chi connectivity index (χ2v) is 7.77. The molecule has 0 saturated heterocycles. The van der Waals surface area contributed by atoms with Crippen LogP contribution in [0, 0.1) is 43.8 Å². The van der Waals surface area contributed by atoms with E-state index in [1.807, 2.05) is 46.8 Å². The van der Waals surface area contributed by atoms with Crippen LogP contribution in [-0.4, -0.2) is 11.9 Å². The molecule has 0 radical (unpaired) electrons. The Morgan fingerprint density at radius 1 is 1.10 bits per heavy atom. The molecule has 1 saturated carbocycles. The number of benzene rings is 2. The van der Waals surface area contributed by atoms with Crippen LogP contribution < -0.4 is 0 Å². The first-order chi connectivity index (χ1) is 14.2. The van der Waals surface area contributed by atoms with Crippen molar-refractivity contribution < 1.29 is 4.39 Å². The number of halogens is 1. The van der Waals surface area contributed by atoms with Crippen molar-refractivity contribution in [2.45, 2.75) is 67.7 Å². The summed E-state index contributed by atoms with van der Waals surface area (Å²) < 4.78 is 13.2. The van der Waals surface area contributed by atoms with Gasteiger partial charge in [0.15, 0.2) is 0 Å². The molecular formula is C26H34FN3. The molecule has 1 aliphatic rings. The lowest BCUT2D eigenvalue weighted by Crippen LogP contribution is -1.89. The highest BCUT2D eigenvalue weighted by Gasteiger charge is 2.12. The van der Waals surface area contributed by atoms with Crippen molar-refractivity contribution in [2.75, 3.05) is 0 Å². The zero-order chi connectivity index (χ0) is 22.7. The standard InChI is InChI=1S/C12H16FN.C10H10N2.C4H8/c1-5-10(4)14-12-7-11(13)8(2)6-9(12)3;1-3-12-10-6-9(7-11)5-4-8(10)2;1-4-2-3-4/h6-7H,5H2,1-4H3;3-6H,1-2H3;4H,2-3H2,1H3. The van der Waals surface area contributed by atoms with Gasteiger partial charge in [-0.2, -0.15) is 5.26 Å². The maximum absolute atomic E-state index is 13.2. The van der Waals surface area contributed by atoms with E-state index in [1.54, 1.807) is 25.3 Å². The predicted molar refractivity (Wildman–Crippen MR) is 127 cm³/mol. The molecule has 1 fully saturated rings. The number of aryl methyl sites for hydroxylation is 3. The van der Waals surface area contributed by atoms with E-state index in [9.17, 15) is 4.39 Å². The lowest BCUT2D eigenvalue weighted by molar-refractivity contribution is 0.618. The summed E-state index contributed by atoms with van der Waals surface area (Å²) in [5.74, 6) is 0.901. The monoisotopic (exact) mass is 407 g/mol. The normalized spacial score (nSPS) is 13.1. The minimum absolute atomic E-state index is 0.182. The van der Waals surface area contributed by atoms with Gasteiger partial charge in [-0.1, -0.05) is 38.8 Å². The topological polar surface area (TPSA) is 48.5 Å². The Bertz CT molecular complexity index is 932.